The Balaban J connectivity index is 2.68. The average Bonchev–Trinajstić information content (AvgIpc) is 2.36. The molecule has 4 nitrogen and oxygen atoms in total. The molecule has 0 aliphatic heterocycles. The second-order valence-corrected chi connectivity index (χ2v) is 5.10. The van der Waals surface area contributed by atoms with Crippen LogP contribution in [0, 0.1) is 5.92 Å². The molecule has 2 unspecified atom stereocenters. The van der Waals surface area contributed by atoms with Crippen LogP contribution in [0.3, 0.4) is 0 Å². The van der Waals surface area contributed by atoms with E-state index in [2.05, 4.69) is 5.32 Å². The van der Waals surface area contributed by atoms with Crippen molar-refractivity contribution in [2.45, 2.75) is 45.8 Å². The van der Waals surface area contributed by atoms with Crippen LogP contribution in [0.15, 0.2) is 24.3 Å². The Morgan fingerprint density at radius 3 is 2.47 bits per heavy atom. The van der Waals surface area contributed by atoms with E-state index in [0.29, 0.717) is 12.0 Å². The summed E-state index contributed by atoms with van der Waals surface area (Å²) in [7, 11) is 0. The highest BCUT2D eigenvalue weighted by Gasteiger charge is 2.19. The van der Waals surface area contributed by atoms with Crippen molar-refractivity contribution in [3.05, 3.63) is 29.8 Å². The fourth-order valence-electron chi connectivity index (χ4n) is 1.86. The van der Waals surface area contributed by atoms with E-state index in [1.165, 1.54) is 0 Å². The van der Waals surface area contributed by atoms with E-state index in [0.717, 1.165) is 0 Å². The van der Waals surface area contributed by atoms with Gasteiger partial charge in [-0.25, -0.2) is 0 Å². The number of phenolic OH excluding ortho intramolecular Hbond substituents is 1. The molecule has 0 radical (unpaired) electrons. The number of hydrogen-bond donors (Lipinski definition) is 3. The Bertz CT molecular complexity index is 418. The number of para-hydroxylation sites is 1. The zero-order chi connectivity index (χ0) is 14.4. The fraction of sp³-hybridized carbons (Fsp3) is 0.533. The van der Waals surface area contributed by atoms with Gasteiger partial charge in [0, 0.05) is 5.56 Å². The predicted octanol–water partition coefficient (Wildman–Crippen LogP) is 2.37. The Morgan fingerprint density at radius 2 is 1.95 bits per heavy atom. The number of hydrogen-bond acceptors (Lipinski definition) is 3. The third-order valence-corrected chi connectivity index (χ3v) is 3.22. The molecule has 0 spiro atoms. The third-order valence-electron chi connectivity index (χ3n) is 3.22. The van der Waals surface area contributed by atoms with E-state index in [1.54, 1.807) is 18.2 Å². The molecule has 0 heterocycles. The van der Waals surface area contributed by atoms with Crippen molar-refractivity contribution >= 4 is 5.91 Å². The Morgan fingerprint density at radius 1 is 1.32 bits per heavy atom. The number of carbonyl (C=O) groups is 1. The maximum absolute atomic E-state index is 11.9. The molecule has 3 N–H and O–H groups in total. The van der Waals surface area contributed by atoms with Gasteiger partial charge in [-0.1, -0.05) is 39.0 Å². The number of aromatic hydroxyl groups is 1. The summed E-state index contributed by atoms with van der Waals surface area (Å²) in [6, 6.07) is 6.74. The number of carbonyl (C=O) groups excluding carboxylic acids is 1. The summed E-state index contributed by atoms with van der Waals surface area (Å²) < 4.78 is 0. The monoisotopic (exact) mass is 265 g/mol. The van der Waals surface area contributed by atoms with E-state index < -0.39 is 6.10 Å². The molecule has 0 aromatic heterocycles. The van der Waals surface area contributed by atoms with Gasteiger partial charge in [-0.15, -0.1) is 0 Å². The maximum atomic E-state index is 11.9. The number of phenols is 1. The molecule has 0 aliphatic rings. The van der Waals surface area contributed by atoms with Gasteiger partial charge in [-0.2, -0.15) is 0 Å². The van der Waals surface area contributed by atoms with Crippen molar-refractivity contribution in [1.82, 2.24) is 5.32 Å². The molecule has 4 heteroatoms. The molecule has 106 valence electrons. The number of rotatable bonds is 6. The molecule has 0 fully saturated rings. The van der Waals surface area contributed by atoms with Crippen molar-refractivity contribution in [2.24, 2.45) is 5.92 Å². The van der Waals surface area contributed by atoms with Gasteiger partial charge in [0.25, 0.3) is 0 Å². The van der Waals surface area contributed by atoms with Crippen molar-refractivity contribution in [3.8, 4) is 5.75 Å². The Kier molecular flexibility index (Phi) is 5.83. The van der Waals surface area contributed by atoms with Gasteiger partial charge >= 0.3 is 0 Å². The van der Waals surface area contributed by atoms with Crippen LogP contribution in [0.25, 0.3) is 0 Å². The van der Waals surface area contributed by atoms with Crippen LogP contribution in [-0.4, -0.2) is 22.2 Å². The number of nitrogens with one attached hydrogen (secondary N) is 1. The van der Waals surface area contributed by atoms with Gasteiger partial charge in [0.05, 0.1) is 18.6 Å². The Labute approximate surface area is 114 Å². The SMILES string of the molecule is CCC(NC(=O)CC(O)C(C)C)c1ccccc1O. The van der Waals surface area contributed by atoms with E-state index in [-0.39, 0.29) is 30.0 Å². The number of amides is 1. The average molecular weight is 265 g/mol. The second kappa shape index (κ2) is 7.14. The van der Waals surface area contributed by atoms with Crippen LogP contribution in [-0.2, 0) is 4.79 Å². The molecule has 19 heavy (non-hydrogen) atoms. The van der Waals surface area contributed by atoms with Crippen molar-refractivity contribution in [1.29, 1.82) is 0 Å². The summed E-state index contributed by atoms with van der Waals surface area (Å²) in [6.07, 6.45) is 0.130. The molecule has 0 aliphatic carbocycles. The molecule has 0 bridgehead atoms. The summed E-state index contributed by atoms with van der Waals surface area (Å²) in [4.78, 5) is 11.9. The van der Waals surface area contributed by atoms with E-state index >= 15 is 0 Å². The Hall–Kier alpha value is -1.55. The van der Waals surface area contributed by atoms with Crippen molar-refractivity contribution < 1.29 is 15.0 Å². The minimum absolute atomic E-state index is 0.0518. The lowest BCUT2D eigenvalue weighted by molar-refractivity contribution is -0.124. The summed E-state index contributed by atoms with van der Waals surface area (Å²) in [5, 5.41) is 22.3. The second-order valence-electron chi connectivity index (χ2n) is 5.10. The molecule has 1 aromatic rings. The smallest absolute Gasteiger partial charge is 0.223 e. The van der Waals surface area contributed by atoms with Crippen LogP contribution in [0.4, 0.5) is 0 Å². The lowest BCUT2D eigenvalue weighted by Crippen LogP contribution is -2.32. The largest absolute Gasteiger partial charge is 0.508 e. The van der Waals surface area contributed by atoms with E-state index in [9.17, 15) is 15.0 Å². The molecule has 0 saturated carbocycles. The van der Waals surface area contributed by atoms with Crippen LogP contribution in [0.2, 0.25) is 0 Å². The molecule has 2 atom stereocenters. The number of aliphatic hydroxyl groups is 1. The van der Waals surface area contributed by atoms with Crippen LogP contribution < -0.4 is 5.32 Å². The fourth-order valence-corrected chi connectivity index (χ4v) is 1.86. The molecular formula is C15H23NO3. The number of benzene rings is 1. The third kappa shape index (κ3) is 4.56. The summed E-state index contributed by atoms with van der Waals surface area (Å²) in [5.41, 5.74) is 0.706. The molecular weight excluding hydrogens is 242 g/mol. The highest BCUT2D eigenvalue weighted by Crippen LogP contribution is 2.25. The normalized spacial score (nSPS) is 14.2. The van der Waals surface area contributed by atoms with Gasteiger partial charge in [0.15, 0.2) is 0 Å². The van der Waals surface area contributed by atoms with Crippen LogP contribution >= 0.6 is 0 Å². The van der Waals surface area contributed by atoms with Crippen LogP contribution in [0.5, 0.6) is 5.75 Å². The van der Waals surface area contributed by atoms with Gasteiger partial charge in [0.2, 0.25) is 5.91 Å². The predicted molar refractivity (Wildman–Crippen MR) is 74.7 cm³/mol. The highest BCUT2D eigenvalue weighted by molar-refractivity contribution is 5.77. The topological polar surface area (TPSA) is 69.6 Å². The van der Waals surface area contributed by atoms with Gasteiger partial charge in [-0.05, 0) is 18.4 Å². The molecule has 0 saturated heterocycles. The zero-order valence-electron chi connectivity index (χ0n) is 11.8. The lowest BCUT2D eigenvalue weighted by Gasteiger charge is -2.20. The zero-order valence-corrected chi connectivity index (χ0v) is 11.8. The van der Waals surface area contributed by atoms with Crippen molar-refractivity contribution in [3.63, 3.8) is 0 Å². The first kappa shape index (κ1) is 15.5. The molecule has 1 amide bonds. The minimum Gasteiger partial charge on any atom is -0.508 e. The maximum Gasteiger partial charge on any atom is 0.223 e. The van der Waals surface area contributed by atoms with Gasteiger partial charge in [0.1, 0.15) is 5.75 Å². The van der Waals surface area contributed by atoms with Crippen LogP contribution in [0.1, 0.15) is 45.2 Å². The van der Waals surface area contributed by atoms with Crippen molar-refractivity contribution in [2.75, 3.05) is 0 Å². The number of aliphatic hydroxyl groups excluding tert-OH is 1. The lowest BCUT2D eigenvalue weighted by atomic mass is 10.0. The quantitative estimate of drug-likeness (QED) is 0.739. The minimum atomic E-state index is -0.637. The summed E-state index contributed by atoms with van der Waals surface area (Å²) in [6.45, 7) is 5.69. The summed E-state index contributed by atoms with van der Waals surface area (Å²) >= 11 is 0. The molecule has 1 rings (SSSR count). The standard InChI is InChI=1S/C15H23NO3/c1-4-12(11-7-5-6-8-13(11)17)16-15(19)9-14(18)10(2)3/h5-8,10,12,14,17-18H,4,9H2,1-3H3,(H,16,19). The summed E-state index contributed by atoms with van der Waals surface area (Å²) in [5.74, 6) is 0.0336. The van der Waals surface area contributed by atoms with Gasteiger partial charge < -0.3 is 15.5 Å². The first-order chi connectivity index (χ1) is 8.95. The van der Waals surface area contributed by atoms with Gasteiger partial charge in [-0.3, -0.25) is 4.79 Å². The molecule has 1 aromatic carbocycles. The first-order valence-electron chi connectivity index (χ1n) is 6.71. The van der Waals surface area contributed by atoms with E-state index in [4.69, 9.17) is 0 Å². The first-order valence-corrected chi connectivity index (χ1v) is 6.71. The highest BCUT2D eigenvalue weighted by atomic mass is 16.3. The van der Waals surface area contributed by atoms with E-state index in [1.807, 2.05) is 26.8 Å².